The molecule has 0 unspecified atom stereocenters. The second kappa shape index (κ2) is 4.59. The lowest BCUT2D eigenvalue weighted by molar-refractivity contribution is -0.143. The second-order valence-corrected chi connectivity index (χ2v) is 12.9. The van der Waals surface area contributed by atoms with E-state index in [1.54, 1.807) is 6.26 Å². The highest BCUT2D eigenvalue weighted by Crippen LogP contribution is 2.52. The molecule has 21 heavy (non-hydrogen) atoms. The van der Waals surface area contributed by atoms with Crippen LogP contribution in [0.4, 0.5) is 0 Å². The predicted octanol–water partition coefficient (Wildman–Crippen LogP) is 3.10. The first-order chi connectivity index (χ1) is 9.63. The zero-order valence-electron chi connectivity index (χ0n) is 13.8. The van der Waals surface area contributed by atoms with Crippen molar-refractivity contribution in [1.29, 1.82) is 0 Å². The molecule has 0 radical (unpaired) electrons. The molecule has 5 heteroatoms. The molecule has 0 amide bonds. The van der Waals surface area contributed by atoms with Crippen LogP contribution in [0.15, 0.2) is 11.8 Å². The predicted molar refractivity (Wildman–Crippen MR) is 82.1 cm³/mol. The van der Waals surface area contributed by atoms with Crippen LogP contribution in [-0.4, -0.2) is 33.1 Å². The van der Waals surface area contributed by atoms with Gasteiger partial charge in [0.05, 0.1) is 24.5 Å². The lowest BCUT2D eigenvalue weighted by Crippen LogP contribution is -2.47. The number of hydrogen-bond acceptors (Lipinski definition) is 4. The Morgan fingerprint density at radius 3 is 2.62 bits per heavy atom. The molecule has 1 saturated heterocycles. The molecule has 0 bridgehead atoms. The largest absolute Gasteiger partial charge is 0.500 e. The fourth-order valence-electron chi connectivity index (χ4n) is 3.52. The van der Waals surface area contributed by atoms with Gasteiger partial charge in [0.2, 0.25) is 0 Å². The van der Waals surface area contributed by atoms with Crippen LogP contribution in [0.25, 0.3) is 0 Å². The van der Waals surface area contributed by atoms with Crippen LogP contribution >= 0.6 is 0 Å². The van der Waals surface area contributed by atoms with Gasteiger partial charge in [-0.1, -0.05) is 27.7 Å². The molecule has 0 aromatic rings. The Balaban J connectivity index is 1.88. The minimum absolute atomic E-state index is 0.00237. The van der Waals surface area contributed by atoms with Crippen LogP contribution in [0.5, 0.6) is 0 Å². The van der Waals surface area contributed by atoms with E-state index < -0.39 is 8.32 Å². The van der Waals surface area contributed by atoms with E-state index in [9.17, 15) is 4.79 Å². The van der Waals surface area contributed by atoms with E-state index in [0.29, 0.717) is 24.0 Å². The molecular formula is C16H26O4Si. The summed E-state index contributed by atoms with van der Waals surface area (Å²) in [6.07, 6.45) is 1.48. The Kier molecular flexibility index (Phi) is 3.30. The van der Waals surface area contributed by atoms with Gasteiger partial charge in [0.15, 0.2) is 8.32 Å². The summed E-state index contributed by atoms with van der Waals surface area (Å²) in [6, 6.07) is 0. The van der Waals surface area contributed by atoms with Gasteiger partial charge in [0.1, 0.15) is 6.10 Å². The lowest BCUT2D eigenvalue weighted by atomic mass is 9.85. The molecule has 0 aromatic carbocycles. The molecule has 4 nitrogen and oxygen atoms in total. The maximum absolute atomic E-state index is 12.0. The zero-order chi connectivity index (χ0) is 15.6. The third kappa shape index (κ3) is 2.16. The minimum atomic E-state index is -1.89. The highest BCUT2D eigenvalue weighted by atomic mass is 28.4. The number of carbonyl (C=O) groups excluding carboxylic acids is 1. The smallest absolute Gasteiger partial charge is 0.337 e. The molecule has 2 heterocycles. The van der Waals surface area contributed by atoms with E-state index in [-0.39, 0.29) is 29.1 Å². The Morgan fingerprint density at radius 2 is 2.00 bits per heavy atom. The van der Waals surface area contributed by atoms with E-state index in [1.807, 2.05) is 0 Å². The van der Waals surface area contributed by atoms with E-state index in [2.05, 4.69) is 40.8 Å². The average molecular weight is 310 g/mol. The number of carbonyl (C=O) groups is 1. The molecule has 0 N–H and O–H groups in total. The number of hydrogen-bond donors (Lipinski definition) is 0. The first kappa shape index (κ1) is 15.1. The number of esters is 1. The third-order valence-corrected chi connectivity index (χ3v) is 10.4. The van der Waals surface area contributed by atoms with Crippen molar-refractivity contribution in [3.05, 3.63) is 11.8 Å². The number of ether oxygens (including phenoxy) is 2. The van der Waals surface area contributed by atoms with E-state index in [0.717, 1.165) is 0 Å². The average Bonchev–Trinajstić information content (AvgIpc) is 2.83. The van der Waals surface area contributed by atoms with Crippen LogP contribution < -0.4 is 0 Å². The van der Waals surface area contributed by atoms with E-state index in [1.165, 1.54) is 0 Å². The third-order valence-electron chi connectivity index (χ3n) is 5.91. The van der Waals surface area contributed by atoms with Crippen molar-refractivity contribution in [3.63, 3.8) is 0 Å². The summed E-state index contributed by atoms with van der Waals surface area (Å²) < 4.78 is 17.8. The van der Waals surface area contributed by atoms with Gasteiger partial charge in [-0.05, 0) is 24.1 Å². The maximum Gasteiger partial charge on any atom is 0.337 e. The van der Waals surface area contributed by atoms with Crippen LogP contribution in [-0.2, 0) is 18.7 Å². The Bertz CT molecular complexity index is 491. The van der Waals surface area contributed by atoms with E-state index >= 15 is 0 Å². The van der Waals surface area contributed by atoms with Gasteiger partial charge in [-0.25, -0.2) is 4.79 Å². The Morgan fingerprint density at radius 1 is 1.33 bits per heavy atom. The van der Waals surface area contributed by atoms with Gasteiger partial charge >= 0.3 is 5.97 Å². The quantitative estimate of drug-likeness (QED) is 0.581. The summed E-state index contributed by atoms with van der Waals surface area (Å²) >= 11 is 0. The summed E-state index contributed by atoms with van der Waals surface area (Å²) in [5, 5.41) is 0.151. The molecule has 2 aliphatic heterocycles. The first-order valence-corrected chi connectivity index (χ1v) is 10.7. The van der Waals surface area contributed by atoms with Gasteiger partial charge in [0, 0.05) is 11.8 Å². The van der Waals surface area contributed by atoms with Gasteiger partial charge in [-0.3, -0.25) is 0 Å². The Labute approximate surface area is 128 Å². The molecule has 118 valence electrons. The van der Waals surface area contributed by atoms with Gasteiger partial charge in [-0.2, -0.15) is 0 Å². The summed E-state index contributed by atoms with van der Waals surface area (Å²) in [4.78, 5) is 12.0. The van der Waals surface area contributed by atoms with Gasteiger partial charge < -0.3 is 13.9 Å². The van der Waals surface area contributed by atoms with Crippen molar-refractivity contribution in [2.45, 2.75) is 58.0 Å². The van der Waals surface area contributed by atoms with Crippen molar-refractivity contribution >= 4 is 14.3 Å². The van der Waals surface area contributed by atoms with Crippen LogP contribution in [0, 0.1) is 17.8 Å². The highest BCUT2D eigenvalue weighted by molar-refractivity contribution is 6.74. The van der Waals surface area contributed by atoms with Crippen LogP contribution in [0.1, 0.15) is 27.7 Å². The fraction of sp³-hybridized carbons (Fsp3) is 0.812. The summed E-state index contributed by atoms with van der Waals surface area (Å²) in [5.41, 5.74) is 0.712. The minimum Gasteiger partial charge on any atom is -0.500 e. The van der Waals surface area contributed by atoms with Crippen molar-refractivity contribution in [2.75, 3.05) is 6.61 Å². The van der Waals surface area contributed by atoms with Gasteiger partial charge in [-0.15, -0.1) is 0 Å². The summed E-state index contributed by atoms with van der Waals surface area (Å²) in [7, 11) is -1.89. The molecule has 0 aromatic heterocycles. The zero-order valence-corrected chi connectivity index (χ0v) is 14.8. The molecule has 0 spiro atoms. The van der Waals surface area contributed by atoms with Crippen molar-refractivity contribution in [1.82, 2.24) is 0 Å². The molecule has 3 aliphatic rings. The van der Waals surface area contributed by atoms with Crippen LogP contribution in [0.3, 0.4) is 0 Å². The van der Waals surface area contributed by atoms with Crippen molar-refractivity contribution < 1.29 is 18.7 Å². The maximum atomic E-state index is 12.0. The second-order valence-electron chi connectivity index (χ2n) is 8.17. The van der Waals surface area contributed by atoms with Crippen LogP contribution in [0.2, 0.25) is 18.1 Å². The summed E-state index contributed by atoms with van der Waals surface area (Å²) in [5.74, 6) is 0.628. The first-order valence-electron chi connectivity index (χ1n) is 7.84. The standard InChI is InChI=1S/C16H26O4Si/c1-9-10-7-18-8-11-12(10)14(19-15(11)17)13(9)20-21(5,6)16(2,3)4/h8-10,12-14H,7H2,1-6H3/t9-,10-,12+,13+,14-/m1/s1. The molecule has 1 aliphatic carbocycles. The molecule has 2 fully saturated rings. The molecular weight excluding hydrogens is 284 g/mol. The summed E-state index contributed by atoms with van der Waals surface area (Å²) in [6.45, 7) is 14.1. The number of rotatable bonds is 2. The normalized spacial score (nSPS) is 38.7. The van der Waals surface area contributed by atoms with Crippen molar-refractivity contribution in [2.24, 2.45) is 17.8 Å². The lowest BCUT2D eigenvalue weighted by Gasteiger charge is -2.40. The monoisotopic (exact) mass is 310 g/mol. The van der Waals surface area contributed by atoms with E-state index in [4.69, 9.17) is 13.9 Å². The molecule has 5 atom stereocenters. The topological polar surface area (TPSA) is 44.8 Å². The van der Waals surface area contributed by atoms with Crippen molar-refractivity contribution in [3.8, 4) is 0 Å². The Hall–Kier alpha value is -0.813. The highest BCUT2D eigenvalue weighted by Gasteiger charge is 2.60. The fourth-order valence-corrected chi connectivity index (χ4v) is 4.90. The van der Waals surface area contributed by atoms with Gasteiger partial charge in [0.25, 0.3) is 0 Å². The SMILES string of the molecule is C[C@@H]1[C@H]2COC=C3C(=O)O[C@@H]([C@H]1O[Si](C)(C)C(C)(C)C)[C@H]32. The molecule has 3 rings (SSSR count). The molecule has 1 saturated carbocycles.